The van der Waals surface area contributed by atoms with Crippen molar-refractivity contribution < 1.29 is 14.6 Å². The summed E-state index contributed by atoms with van der Waals surface area (Å²) in [7, 11) is 0. The molecule has 0 bridgehead atoms. The fourth-order valence-corrected chi connectivity index (χ4v) is 1.69. The van der Waals surface area contributed by atoms with Gasteiger partial charge in [-0.2, -0.15) is 5.26 Å². The van der Waals surface area contributed by atoms with Crippen molar-refractivity contribution in [3.8, 4) is 28.9 Å². The molecule has 2 N–H and O–H groups in total. The van der Waals surface area contributed by atoms with Gasteiger partial charge in [0.15, 0.2) is 5.76 Å². The van der Waals surface area contributed by atoms with Crippen LogP contribution in [0.2, 0.25) is 0 Å². The van der Waals surface area contributed by atoms with E-state index in [0.717, 1.165) is 12.3 Å². The number of nitriles is 1. The van der Waals surface area contributed by atoms with E-state index in [9.17, 15) is 15.0 Å². The molecule has 1 aromatic carbocycles. The molecule has 90 valence electrons. The van der Waals surface area contributed by atoms with Crippen LogP contribution in [-0.4, -0.2) is 10.2 Å². The van der Waals surface area contributed by atoms with Gasteiger partial charge in [-0.05, 0) is 24.6 Å². The Morgan fingerprint density at radius 2 is 2.00 bits per heavy atom. The van der Waals surface area contributed by atoms with Gasteiger partial charge in [0.1, 0.15) is 5.75 Å². The molecule has 5 heteroatoms. The number of benzene rings is 1. The molecule has 0 aliphatic carbocycles. The molecule has 0 aliphatic heterocycles. The summed E-state index contributed by atoms with van der Waals surface area (Å²) in [4.78, 5) is 11.3. The summed E-state index contributed by atoms with van der Waals surface area (Å²) in [6.07, 6.45) is 1.12. The molecule has 0 saturated heterocycles. The molecule has 0 atom stereocenters. The van der Waals surface area contributed by atoms with Crippen LogP contribution < -0.4 is 5.43 Å². The van der Waals surface area contributed by atoms with Gasteiger partial charge in [-0.1, -0.05) is 0 Å². The van der Waals surface area contributed by atoms with Gasteiger partial charge in [-0.3, -0.25) is 4.79 Å². The van der Waals surface area contributed by atoms with Gasteiger partial charge < -0.3 is 14.6 Å². The van der Waals surface area contributed by atoms with Gasteiger partial charge >= 0.3 is 0 Å². The molecule has 2 rings (SSSR count). The summed E-state index contributed by atoms with van der Waals surface area (Å²) in [5, 5.41) is 28.4. The largest absolute Gasteiger partial charge is 0.507 e. The molecule has 0 unspecified atom stereocenters. The number of phenols is 1. The second-order valence-corrected chi connectivity index (χ2v) is 3.71. The first-order chi connectivity index (χ1) is 8.56. The summed E-state index contributed by atoms with van der Waals surface area (Å²) in [6, 6.07) is 5.79. The SMILES string of the molecule is Cc1c(C#N)ccc(O)c1-c1occc(=O)c1O. The second kappa shape index (κ2) is 4.26. The second-order valence-electron chi connectivity index (χ2n) is 3.71. The molecule has 18 heavy (non-hydrogen) atoms. The molecule has 0 radical (unpaired) electrons. The topological polar surface area (TPSA) is 94.5 Å². The summed E-state index contributed by atoms with van der Waals surface area (Å²) >= 11 is 0. The molecular weight excluding hydrogens is 234 g/mol. The van der Waals surface area contributed by atoms with E-state index in [2.05, 4.69) is 0 Å². The number of hydrogen-bond donors (Lipinski definition) is 2. The Hall–Kier alpha value is -2.74. The third kappa shape index (κ3) is 1.70. The lowest BCUT2D eigenvalue weighted by atomic mass is 9.99. The van der Waals surface area contributed by atoms with Gasteiger partial charge in [-0.25, -0.2) is 0 Å². The highest BCUT2D eigenvalue weighted by atomic mass is 16.4. The summed E-state index contributed by atoms with van der Waals surface area (Å²) in [5.41, 5.74) is 0.289. The van der Waals surface area contributed by atoms with Crippen molar-refractivity contribution in [2.45, 2.75) is 6.92 Å². The Bertz CT molecular complexity index is 710. The van der Waals surface area contributed by atoms with E-state index in [1.165, 1.54) is 12.1 Å². The third-order valence-electron chi connectivity index (χ3n) is 2.64. The van der Waals surface area contributed by atoms with Crippen LogP contribution in [0.3, 0.4) is 0 Å². The van der Waals surface area contributed by atoms with Crippen LogP contribution in [-0.2, 0) is 0 Å². The minimum Gasteiger partial charge on any atom is -0.507 e. The van der Waals surface area contributed by atoms with Crippen LogP contribution in [0.4, 0.5) is 0 Å². The van der Waals surface area contributed by atoms with Gasteiger partial charge in [0.2, 0.25) is 11.2 Å². The quantitative estimate of drug-likeness (QED) is 0.797. The lowest BCUT2D eigenvalue weighted by molar-refractivity contribution is 0.432. The van der Waals surface area contributed by atoms with Crippen molar-refractivity contribution in [1.82, 2.24) is 0 Å². The number of hydrogen-bond acceptors (Lipinski definition) is 5. The van der Waals surface area contributed by atoms with E-state index in [4.69, 9.17) is 9.68 Å². The third-order valence-corrected chi connectivity index (χ3v) is 2.64. The molecule has 0 fully saturated rings. The van der Waals surface area contributed by atoms with Crippen molar-refractivity contribution >= 4 is 0 Å². The predicted molar refractivity (Wildman–Crippen MR) is 63.2 cm³/mol. The van der Waals surface area contributed by atoms with Gasteiger partial charge in [-0.15, -0.1) is 0 Å². The predicted octanol–water partition coefficient (Wildman–Crippen LogP) is 1.90. The van der Waals surface area contributed by atoms with Crippen molar-refractivity contribution in [3.05, 3.63) is 45.8 Å². The molecular formula is C13H9NO4. The summed E-state index contributed by atoms with van der Waals surface area (Å²) in [6.45, 7) is 1.60. The van der Waals surface area contributed by atoms with Crippen molar-refractivity contribution in [1.29, 1.82) is 5.26 Å². The standard InChI is InChI=1S/C13H9NO4/c1-7-8(6-14)2-3-9(15)11(7)13-12(17)10(16)4-5-18-13/h2-5,15,17H,1H3. The van der Waals surface area contributed by atoms with E-state index >= 15 is 0 Å². The Balaban J connectivity index is 2.84. The highest BCUT2D eigenvalue weighted by molar-refractivity contribution is 5.75. The molecule has 0 aliphatic rings. The first-order valence-electron chi connectivity index (χ1n) is 5.10. The van der Waals surface area contributed by atoms with Gasteiger partial charge in [0.25, 0.3) is 0 Å². The van der Waals surface area contributed by atoms with Gasteiger partial charge in [0.05, 0.1) is 23.5 Å². The summed E-state index contributed by atoms with van der Waals surface area (Å²) in [5.74, 6) is -0.906. The number of phenolic OH excluding ortho intramolecular Hbond substituents is 1. The maximum Gasteiger partial charge on any atom is 0.227 e. The molecule has 0 amide bonds. The van der Waals surface area contributed by atoms with Crippen LogP contribution in [0.15, 0.2) is 33.7 Å². The van der Waals surface area contributed by atoms with E-state index in [-0.39, 0.29) is 17.1 Å². The molecule has 0 spiro atoms. The van der Waals surface area contributed by atoms with Crippen molar-refractivity contribution in [2.75, 3.05) is 0 Å². The molecule has 5 nitrogen and oxygen atoms in total. The fraction of sp³-hybridized carbons (Fsp3) is 0.0769. The zero-order chi connectivity index (χ0) is 13.3. The molecule has 1 heterocycles. The molecule has 2 aromatic rings. The average Bonchev–Trinajstić information content (AvgIpc) is 2.35. The highest BCUT2D eigenvalue weighted by Gasteiger charge is 2.18. The van der Waals surface area contributed by atoms with E-state index < -0.39 is 11.2 Å². The Morgan fingerprint density at radius 1 is 1.28 bits per heavy atom. The number of rotatable bonds is 1. The minimum atomic E-state index is -0.614. The van der Waals surface area contributed by atoms with Crippen molar-refractivity contribution in [3.63, 3.8) is 0 Å². The zero-order valence-electron chi connectivity index (χ0n) is 9.47. The lowest BCUT2D eigenvalue weighted by Gasteiger charge is -2.09. The summed E-state index contributed by atoms with van der Waals surface area (Å²) < 4.78 is 5.07. The van der Waals surface area contributed by atoms with Crippen LogP contribution >= 0.6 is 0 Å². The van der Waals surface area contributed by atoms with Crippen LogP contribution in [0.5, 0.6) is 11.5 Å². The van der Waals surface area contributed by atoms with Crippen LogP contribution in [0, 0.1) is 18.3 Å². The van der Waals surface area contributed by atoms with E-state index in [0.29, 0.717) is 11.1 Å². The molecule has 1 aromatic heterocycles. The maximum absolute atomic E-state index is 11.3. The fourth-order valence-electron chi connectivity index (χ4n) is 1.69. The number of aromatic hydroxyl groups is 2. The van der Waals surface area contributed by atoms with Gasteiger partial charge in [0, 0.05) is 6.07 Å². The maximum atomic E-state index is 11.3. The average molecular weight is 243 g/mol. The lowest BCUT2D eigenvalue weighted by Crippen LogP contribution is -1.99. The Kier molecular flexibility index (Phi) is 2.78. The first kappa shape index (κ1) is 11.7. The first-order valence-corrected chi connectivity index (χ1v) is 5.10. The van der Waals surface area contributed by atoms with Crippen LogP contribution in [0.1, 0.15) is 11.1 Å². The number of nitrogens with zero attached hydrogens (tertiary/aromatic N) is 1. The smallest absolute Gasteiger partial charge is 0.227 e. The zero-order valence-corrected chi connectivity index (χ0v) is 9.47. The highest BCUT2D eigenvalue weighted by Crippen LogP contribution is 2.37. The minimum absolute atomic E-state index is 0.143. The molecule has 0 saturated carbocycles. The Morgan fingerprint density at radius 3 is 2.67 bits per heavy atom. The Labute approximate surface area is 102 Å². The van der Waals surface area contributed by atoms with Crippen LogP contribution in [0.25, 0.3) is 11.3 Å². The van der Waals surface area contributed by atoms with Crippen molar-refractivity contribution in [2.24, 2.45) is 0 Å². The van der Waals surface area contributed by atoms with E-state index in [1.807, 2.05) is 6.07 Å². The monoisotopic (exact) mass is 243 g/mol. The normalized spacial score (nSPS) is 10.0. The van der Waals surface area contributed by atoms with E-state index in [1.54, 1.807) is 6.92 Å².